The largest absolute Gasteiger partial charge is 0.484 e. The van der Waals surface area contributed by atoms with Crippen LogP contribution in [0.25, 0.3) is 0 Å². The Morgan fingerprint density at radius 3 is 2.59 bits per heavy atom. The number of hydrogen-bond donors (Lipinski definition) is 1. The molecule has 0 fully saturated rings. The summed E-state index contributed by atoms with van der Waals surface area (Å²) in [6.07, 6.45) is 1.94. The van der Waals surface area contributed by atoms with Crippen LogP contribution in [-0.4, -0.2) is 25.0 Å². The average molecular weight is 386 g/mol. The van der Waals surface area contributed by atoms with Crippen molar-refractivity contribution in [3.63, 3.8) is 0 Å². The number of anilines is 2. The van der Waals surface area contributed by atoms with Gasteiger partial charge in [-0.05, 0) is 48.7 Å². The van der Waals surface area contributed by atoms with Gasteiger partial charge in [-0.3, -0.25) is 9.59 Å². The maximum absolute atomic E-state index is 12.7. The lowest BCUT2D eigenvalue weighted by Gasteiger charge is -2.29. The zero-order valence-electron chi connectivity index (χ0n) is 16.0. The Morgan fingerprint density at radius 2 is 1.72 bits per heavy atom. The molecule has 0 saturated heterocycles. The Balaban J connectivity index is 1.39. The van der Waals surface area contributed by atoms with Gasteiger partial charge in [0.2, 0.25) is 0 Å². The van der Waals surface area contributed by atoms with E-state index in [1.807, 2.05) is 36.4 Å². The van der Waals surface area contributed by atoms with Gasteiger partial charge in [0.15, 0.2) is 6.61 Å². The van der Waals surface area contributed by atoms with E-state index in [9.17, 15) is 9.59 Å². The first-order valence-electron chi connectivity index (χ1n) is 9.68. The molecule has 5 nitrogen and oxygen atoms in total. The second-order valence-electron chi connectivity index (χ2n) is 6.91. The summed E-state index contributed by atoms with van der Waals surface area (Å²) >= 11 is 0. The Hall–Kier alpha value is -3.60. The molecule has 0 bridgehead atoms. The number of rotatable bonds is 5. The van der Waals surface area contributed by atoms with Crippen molar-refractivity contribution in [3.8, 4) is 5.75 Å². The van der Waals surface area contributed by atoms with Gasteiger partial charge >= 0.3 is 0 Å². The first-order valence-corrected chi connectivity index (χ1v) is 9.68. The van der Waals surface area contributed by atoms with Crippen molar-refractivity contribution in [2.75, 3.05) is 23.4 Å². The van der Waals surface area contributed by atoms with E-state index in [4.69, 9.17) is 4.74 Å². The Kier molecular flexibility index (Phi) is 5.56. The summed E-state index contributed by atoms with van der Waals surface area (Å²) in [5.74, 6) is 0.272. The van der Waals surface area contributed by atoms with E-state index in [1.165, 1.54) is 5.56 Å². The molecular formula is C24H22N2O3. The summed E-state index contributed by atoms with van der Waals surface area (Å²) in [6.45, 7) is 0.650. The molecule has 0 radical (unpaired) electrons. The molecule has 3 aromatic rings. The lowest BCUT2D eigenvalue weighted by molar-refractivity contribution is -0.120. The third kappa shape index (κ3) is 4.46. The molecule has 0 aromatic heterocycles. The molecule has 1 heterocycles. The van der Waals surface area contributed by atoms with E-state index < -0.39 is 0 Å². The fourth-order valence-electron chi connectivity index (χ4n) is 3.47. The molecule has 1 aliphatic rings. The van der Waals surface area contributed by atoms with Crippen molar-refractivity contribution in [2.45, 2.75) is 12.8 Å². The van der Waals surface area contributed by atoms with Crippen molar-refractivity contribution in [2.24, 2.45) is 0 Å². The highest BCUT2D eigenvalue weighted by molar-refractivity contribution is 6.04. The predicted octanol–water partition coefficient (Wildman–Crippen LogP) is 4.30. The van der Waals surface area contributed by atoms with Gasteiger partial charge in [0, 0.05) is 29.5 Å². The number of amides is 2. The van der Waals surface area contributed by atoms with Crippen LogP contribution < -0.4 is 15.0 Å². The number of aryl methyl sites for hydroxylation is 1. The third-order valence-corrected chi connectivity index (χ3v) is 4.90. The first-order chi connectivity index (χ1) is 14.2. The lowest BCUT2D eigenvalue weighted by atomic mass is 10.0. The number of para-hydroxylation sites is 1. The molecule has 3 aromatic carbocycles. The fraction of sp³-hybridized carbons (Fsp3) is 0.167. The Morgan fingerprint density at radius 1 is 0.931 bits per heavy atom. The lowest BCUT2D eigenvalue weighted by Crippen LogP contribution is -2.38. The van der Waals surface area contributed by atoms with E-state index in [1.54, 1.807) is 41.3 Å². The topological polar surface area (TPSA) is 58.6 Å². The van der Waals surface area contributed by atoms with Gasteiger partial charge in [-0.2, -0.15) is 0 Å². The van der Waals surface area contributed by atoms with Crippen LogP contribution in [0.15, 0.2) is 78.9 Å². The Bertz CT molecular complexity index is 1020. The van der Waals surface area contributed by atoms with E-state index >= 15 is 0 Å². The molecule has 5 heteroatoms. The highest BCUT2D eigenvalue weighted by Crippen LogP contribution is 2.27. The van der Waals surface area contributed by atoms with E-state index in [0.717, 1.165) is 18.5 Å². The van der Waals surface area contributed by atoms with Crippen molar-refractivity contribution in [3.05, 3.63) is 90.0 Å². The quantitative estimate of drug-likeness (QED) is 0.711. The van der Waals surface area contributed by atoms with Gasteiger partial charge in [0.25, 0.3) is 11.8 Å². The SMILES string of the molecule is O=C(Nc1cccc(OCC(=O)N2CCCc3ccccc32)c1)c1ccccc1. The van der Waals surface area contributed by atoms with Crippen molar-refractivity contribution >= 4 is 23.2 Å². The molecule has 1 aliphatic heterocycles. The van der Waals surface area contributed by atoms with Crippen LogP contribution in [0.5, 0.6) is 5.75 Å². The van der Waals surface area contributed by atoms with Crippen LogP contribution in [-0.2, 0) is 11.2 Å². The summed E-state index contributed by atoms with van der Waals surface area (Å²) in [6, 6.07) is 24.1. The minimum Gasteiger partial charge on any atom is -0.484 e. The van der Waals surface area contributed by atoms with Gasteiger partial charge in [-0.15, -0.1) is 0 Å². The number of carbonyl (C=O) groups excluding carboxylic acids is 2. The predicted molar refractivity (Wildman–Crippen MR) is 113 cm³/mol. The number of nitrogens with one attached hydrogen (secondary N) is 1. The number of hydrogen-bond acceptors (Lipinski definition) is 3. The summed E-state index contributed by atoms with van der Waals surface area (Å²) in [4.78, 5) is 26.8. The number of nitrogens with zero attached hydrogens (tertiary/aromatic N) is 1. The van der Waals surface area contributed by atoms with Crippen molar-refractivity contribution in [1.82, 2.24) is 0 Å². The standard InChI is InChI=1S/C24H22N2O3/c27-23(26-15-7-11-18-8-4-5-14-22(18)26)17-29-21-13-6-12-20(16-21)25-24(28)19-9-2-1-3-10-19/h1-6,8-10,12-14,16H,7,11,15,17H2,(H,25,28). The second-order valence-corrected chi connectivity index (χ2v) is 6.91. The normalized spacial score (nSPS) is 12.8. The molecule has 0 saturated carbocycles. The van der Waals surface area contributed by atoms with Crippen molar-refractivity contribution < 1.29 is 14.3 Å². The van der Waals surface area contributed by atoms with E-state index in [0.29, 0.717) is 23.5 Å². The number of carbonyl (C=O) groups is 2. The molecule has 4 rings (SSSR count). The summed E-state index contributed by atoms with van der Waals surface area (Å²) in [7, 11) is 0. The van der Waals surface area contributed by atoms with Gasteiger partial charge in [0.1, 0.15) is 5.75 Å². The Labute approximate surface area is 169 Å². The van der Waals surface area contributed by atoms with Crippen LogP contribution >= 0.6 is 0 Å². The minimum absolute atomic E-state index is 0.0512. The molecule has 1 N–H and O–H groups in total. The molecular weight excluding hydrogens is 364 g/mol. The summed E-state index contributed by atoms with van der Waals surface area (Å²) in [5, 5.41) is 2.85. The summed E-state index contributed by atoms with van der Waals surface area (Å²) in [5.41, 5.74) is 3.36. The maximum atomic E-state index is 12.7. The monoisotopic (exact) mass is 386 g/mol. The van der Waals surface area contributed by atoms with E-state index in [-0.39, 0.29) is 18.4 Å². The molecule has 0 atom stereocenters. The van der Waals surface area contributed by atoms with Crippen LogP contribution in [0, 0.1) is 0 Å². The summed E-state index contributed by atoms with van der Waals surface area (Å²) < 4.78 is 5.72. The highest BCUT2D eigenvalue weighted by atomic mass is 16.5. The average Bonchev–Trinajstić information content (AvgIpc) is 2.78. The van der Waals surface area contributed by atoms with Crippen LogP contribution in [0.1, 0.15) is 22.3 Å². The van der Waals surface area contributed by atoms with Crippen LogP contribution in [0.4, 0.5) is 11.4 Å². The molecule has 0 aliphatic carbocycles. The first kappa shape index (κ1) is 18.7. The molecule has 2 amide bonds. The molecule has 0 unspecified atom stereocenters. The molecule has 146 valence electrons. The number of fused-ring (bicyclic) bond motifs is 1. The van der Waals surface area contributed by atoms with Gasteiger partial charge in [-0.25, -0.2) is 0 Å². The fourth-order valence-corrected chi connectivity index (χ4v) is 3.47. The molecule has 29 heavy (non-hydrogen) atoms. The zero-order chi connectivity index (χ0) is 20.1. The van der Waals surface area contributed by atoms with Gasteiger partial charge in [-0.1, -0.05) is 42.5 Å². The van der Waals surface area contributed by atoms with Crippen LogP contribution in [0.2, 0.25) is 0 Å². The van der Waals surface area contributed by atoms with Crippen LogP contribution in [0.3, 0.4) is 0 Å². The van der Waals surface area contributed by atoms with Gasteiger partial charge < -0.3 is 15.0 Å². The highest BCUT2D eigenvalue weighted by Gasteiger charge is 2.22. The smallest absolute Gasteiger partial charge is 0.264 e. The third-order valence-electron chi connectivity index (χ3n) is 4.90. The van der Waals surface area contributed by atoms with Crippen molar-refractivity contribution in [1.29, 1.82) is 0 Å². The maximum Gasteiger partial charge on any atom is 0.264 e. The van der Waals surface area contributed by atoms with E-state index in [2.05, 4.69) is 11.4 Å². The minimum atomic E-state index is -0.191. The number of ether oxygens (including phenoxy) is 1. The molecule has 0 spiro atoms. The number of benzene rings is 3. The zero-order valence-corrected chi connectivity index (χ0v) is 16.0. The van der Waals surface area contributed by atoms with Gasteiger partial charge in [0.05, 0.1) is 0 Å². The second kappa shape index (κ2) is 8.61.